The molecule has 0 aliphatic rings. The molecule has 0 bridgehead atoms. The molecule has 1 rings (SSSR count). The lowest BCUT2D eigenvalue weighted by Crippen LogP contribution is -2.05. The summed E-state index contributed by atoms with van der Waals surface area (Å²) in [5.74, 6) is 0.308. The first-order valence-electron chi connectivity index (χ1n) is 3.94. The maximum Gasteiger partial charge on any atom is 0.387 e. The normalized spacial score (nSPS) is 11.9. The number of benzene rings is 1. The van der Waals surface area contributed by atoms with Gasteiger partial charge < -0.3 is 10.5 Å². The van der Waals surface area contributed by atoms with E-state index in [-0.39, 0.29) is 11.6 Å². The first-order chi connectivity index (χ1) is 6.59. The predicted octanol–water partition coefficient (Wildman–Crippen LogP) is 2.30. The van der Waals surface area contributed by atoms with Crippen LogP contribution in [-0.4, -0.2) is 12.4 Å². The smallest absolute Gasteiger partial charge is 0.387 e. The number of hydrogen-bond acceptors (Lipinski definition) is 2. The maximum absolute atomic E-state index is 11.9. The van der Waals surface area contributed by atoms with E-state index in [1.807, 2.05) is 0 Å². The molecule has 0 aliphatic heterocycles. The molecule has 0 saturated heterocycles. The largest absolute Gasteiger partial charge is 0.433 e. The SMILES string of the molecule is CC(N)=Nc1ccccc1OC(F)F. The van der Waals surface area contributed by atoms with Crippen LogP contribution in [0.15, 0.2) is 29.3 Å². The van der Waals surface area contributed by atoms with Gasteiger partial charge in [-0.25, -0.2) is 4.99 Å². The number of hydrogen-bond donors (Lipinski definition) is 1. The molecule has 0 saturated carbocycles. The van der Waals surface area contributed by atoms with Crippen molar-refractivity contribution in [2.45, 2.75) is 13.5 Å². The van der Waals surface area contributed by atoms with E-state index in [2.05, 4.69) is 9.73 Å². The molecular weight excluding hydrogens is 190 g/mol. The highest BCUT2D eigenvalue weighted by atomic mass is 19.3. The van der Waals surface area contributed by atoms with Crippen molar-refractivity contribution in [3.63, 3.8) is 0 Å². The van der Waals surface area contributed by atoms with Gasteiger partial charge in [0.15, 0.2) is 5.75 Å². The van der Waals surface area contributed by atoms with Crippen LogP contribution in [0, 0.1) is 0 Å². The van der Waals surface area contributed by atoms with Gasteiger partial charge in [-0.15, -0.1) is 0 Å². The standard InChI is InChI=1S/C9H10F2N2O/c1-6(12)13-7-4-2-3-5-8(7)14-9(10)11/h2-5,9H,1H3,(H2,12,13). The van der Waals surface area contributed by atoms with E-state index in [1.165, 1.54) is 6.07 Å². The summed E-state index contributed by atoms with van der Waals surface area (Å²) in [5.41, 5.74) is 5.63. The van der Waals surface area contributed by atoms with Crippen LogP contribution in [0.4, 0.5) is 14.5 Å². The molecule has 1 aromatic carbocycles. The molecule has 0 amide bonds. The van der Waals surface area contributed by atoms with Crippen molar-refractivity contribution < 1.29 is 13.5 Å². The molecule has 3 nitrogen and oxygen atoms in total. The van der Waals surface area contributed by atoms with Crippen molar-refractivity contribution >= 4 is 11.5 Å². The van der Waals surface area contributed by atoms with Gasteiger partial charge in [-0.3, -0.25) is 0 Å². The van der Waals surface area contributed by atoms with Crippen LogP contribution in [0.3, 0.4) is 0 Å². The number of aliphatic imine (C=N–C) groups is 1. The zero-order valence-corrected chi connectivity index (χ0v) is 7.58. The lowest BCUT2D eigenvalue weighted by Gasteiger charge is -2.06. The molecule has 2 N–H and O–H groups in total. The number of ether oxygens (including phenoxy) is 1. The van der Waals surface area contributed by atoms with Crippen LogP contribution in [0.25, 0.3) is 0 Å². The number of rotatable bonds is 3. The minimum absolute atomic E-state index is 0.0206. The molecule has 14 heavy (non-hydrogen) atoms. The Bertz CT molecular complexity index is 335. The molecule has 0 unspecified atom stereocenters. The Kier molecular flexibility index (Phi) is 3.39. The molecule has 0 aromatic heterocycles. The molecule has 0 heterocycles. The van der Waals surface area contributed by atoms with Crippen LogP contribution in [-0.2, 0) is 0 Å². The average Bonchev–Trinajstić information content (AvgIpc) is 2.06. The Morgan fingerprint density at radius 1 is 1.43 bits per heavy atom. The number of nitrogens with two attached hydrogens (primary N) is 1. The second kappa shape index (κ2) is 4.55. The van der Waals surface area contributed by atoms with Crippen LogP contribution in [0.1, 0.15) is 6.92 Å². The minimum Gasteiger partial charge on any atom is -0.433 e. The Labute approximate surface area is 80.2 Å². The predicted molar refractivity (Wildman–Crippen MR) is 50.0 cm³/mol. The third-order valence-electron chi connectivity index (χ3n) is 1.38. The van der Waals surface area contributed by atoms with Crippen molar-refractivity contribution in [1.82, 2.24) is 0 Å². The van der Waals surface area contributed by atoms with E-state index >= 15 is 0 Å². The summed E-state index contributed by atoms with van der Waals surface area (Å²) in [4.78, 5) is 3.85. The fraction of sp³-hybridized carbons (Fsp3) is 0.222. The summed E-state index contributed by atoms with van der Waals surface area (Å²) in [7, 11) is 0. The number of amidine groups is 1. The average molecular weight is 200 g/mol. The summed E-state index contributed by atoms with van der Waals surface area (Å²) in [5, 5.41) is 0. The summed E-state index contributed by atoms with van der Waals surface area (Å²) in [6.45, 7) is -1.29. The summed E-state index contributed by atoms with van der Waals surface area (Å²) >= 11 is 0. The van der Waals surface area contributed by atoms with Crippen molar-refractivity contribution in [2.24, 2.45) is 10.7 Å². The zero-order valence-electron chi connectivity index (χ0n) is 7.58. The summed E-state index contributed by atoms with van der Waals surface area (Å²) in [6.07, 6.45) is 0. The fourth-order valence-corrected chi connectivity index (χ4v) is 0.935. The third-order valence-corrected chi connectivity index (χ3v) is 1.38. The number of halogens is 2. The monoisotopic (exact) mass is 200 g/mol. The fourth-order valence-electron chi connectivity index (χ4n) is 0.935. The van der Waals surface area contributed by atoms with Crippen molar-refractivity contribution in [3.05, 3.63) is 24.3 Å². The molecule has 5 heteroatoms. The van der Waals surface area contributed by atoms with Gasteiger partial charge in [-0.2, -0.15) is 8.78 Å². The van der Waals surface area contributed by atoms with E-state index in [4.69, 9.17) is 5.73 Å². The first kappa shape index (κ1) is 10.4. The molecule has 0 fully saturated rings. The Morgan fingerprint density at radius 2 is 2.07 bits per heavy atom. The van der Waals surface area contributed by atoms with Gasteiger partial charge in [-0.1, -0.05) is 12.1 Å². The molecular formula is C9H10F2N2O. The molecule has 0 spiro atoms. The highest BCUT2D eigenvalue weighted by Gasteiger charge is 2.07. The topological polar surface area (TPSA) is 47.6 Å². The molecule has 0 radical (unpaired) electrons. The Hall–Kier alpha value is -1.65. The van der Waals surface area contributed by atoms with Crippen molar-refractivity contribution in [2.75, 3.05) is 0 Å². The van der Waals surface area contributed by atoms with Crippen LogP contribution >= 0.6 is 0 Å². The summed E-state index contributed by atoms with van der Waals surface area (Å²) in [6, 6.07) is 6.21. The zero-order chi connectivity index (χ0) is 10.6. The van der Waals surface area contributed by atoms with E-state index in [9.17, 15) is 8.78 Å². The molecule has 0 atom stereocenters. The minimum atomic E-state index is -2.86. The second-order valence-corrected chi connectivity index (χ2v) is 2.60. The van der Waals surface area contributed by atoms with Crippen LogP contribution < -0.4 is 10.5 Å². The van der Waals surface area contributed by atoms with E-state index in [1.54, 1.807) is 25.1 Å². The van der Waals surface area contributed by atoms with Crippen molar-refractivity contribution in [3.8, 4) is 5.75 Å². The van der Waals surface area contributed by atoms with Gasteiger partial charge in [0, 0.05) is 0 Å². The number of alkyl halides is 2. The molecule has 0 aliphatic carbocycles. The highest BCUT2D eigenvalue weighted by molar-refractivity contribution is 5.81. The Morgan fingerprint density at radius 3 is 2.64 bits per heavy atom. The quantitative estimate of drug-likeness (QED) is 0.601. The van der Waals surface area contributed by atoms with Gasteiger partial charge in [0.2, 0.25) is 0 Å². The second-order valence-electron chi connectivity index (χ2n) is 2.60. The van der Waals surface area contributed by atoms with Crippen LogP contribution in [0.2, 0.25) is 0 Å². The highest BCUT2D eigenvalue weighted by Crippen LogP contribution is 2.28. The van der Waals surface area contributed by atoms with Gasteiger partial charge in [0.25, 0.3) is 0 Å². The van der Waals surface area contributed by atoms with Gasteiger partial charge in [-0.05, 0) is 19.1 Å². The molecule has 1 aromatic rings. The molecule has 76 valence electrons. The summed E-state index contributed by atoms with van der Waals surface area (Å²) < 4.78 is 28.1. The lowest BCUT2D eigenvalue weighted by molar-refractivity contribution is -0.0494. The van der Waals surface area contributed by atoms with E-state index in [0.29, 0.717) is 5.69 Å². The van der Waals surface area contributed by atoms with Crippen LogP contribution in [0.5, 0.6) is 5.75 Å². The van der Waals surface area contributed by atoms with Gasteiger partial charge in [0.05, 0.1) is 5.84 Å². The van der Waals surface area contributed by atoms with Gasteiger partial charge >= 0.3 is 6.61 Å². The number of nitrogens with zero attached hydrogens (tertiary/aromatic N) is 1. The van der Waals surface area contributed by atoms with Crippen molar-refractivity contribution in [1.29, 1.82) is 0 Å². The maximum atomic E-state index is 11.9. The Balaban J connectivity index is 2.97. The van der Waals surface area contributed by atoms with E-state index < -0.39 is 6.61 Å². The third kappa shape index (κ3) is 3.01. The lowest BCUT2D eigenvalue weighted by atomic mass is 10.3. The van der Waals surface area contributed by atoms with E-state index in [0.717, 1.165) is 0 Å². The number of para-hydroxylation sites is 2. The van der Waals surface area contributed by atoms with Gasteiger partial charge in [0.1, 0.15) is 5.69 Å². The first-order valence-corrected chi connectivity index (χ1v) is 3.94.